The molecule has 1 unspecified atom stereocenters. The Hall–Kier alpha value is -2.35. The topological polar surface area (TPSA) is 69.5 Å². The highest BCUT2D eigenvalue weighted by atomic mass is 35.5. The number of hydrogen-bond acceptors (Lipinski definition) is 5. The Morgan fingerprint density at radius 2 is 1.94 bits per heavy atom. The lowest BCUT2D eigenvalue weighted by Crippen LogP contribution is -2.36. The van der Waals surface area contributed by atoms with Gasteiger partial charge >= 0.3 is 6.09 Å². The second kappa shape index (κ2) is 7.33. The molecule has 172 valence electrons. The third-order valence-corrected chi connectivity index (χ3v) is 6.66. The second-order valence-electron chi connectivity index (χ2n) is 9.94. The number of likely N-dealkylation sites (tertiary alicyclic amines) is 1. The fraction of sp³-hybridized carbons (Fsp3) is 0.609. The van der Waals surface area contributed by atoms with E-state index < -0.39 is 11.4 Å². The molecule has 1 amide bonds. The third kappa shape index (κ3) is 3.52. The van der Waals surface area contributed by atoms with E-state index in [4.69, 9.17) is 26.2 Å². The molecule has 5 rings (SSSR count). The van der Waals surface area contributed by atoms with Gasteiger partial charge in [0.2, 0.25) is 0 Å². The number of rotatable bonds is 5. The van der Waals surface area contributed by atoms with E-state index in [9.17, 15) is 4.79 Å². The Bertz CT molecular complexity index is 1110. The number of fused-ring (bicyclic) bond motifs is 2. The summed E-state index contributed by atoms with van der Waals surface area (Å²) in [6.07, 6.45) is 1.63. The van der Waals surface area contributed by atoms with Crippen LogP contribution in [0.4, 0.5) is 9.18 Å². The number of nitrogens with zero attached hydrogens (tertiary/aromatic N) is 4. The molecule has 32 heavy (non-hydrogen) atoms. The van der Waals surface area contributed by atoms with Crippen LogP contribution in [-0.4, -0.2) is 51.1 Å². The van der Waals surface area contributed by atoms with Gasteiger partial charge < -0.3 is 14.4 Å². The van der Waals surface area contributed by atoms with Crippen LogP contribution in [0.3, 0.4) is 0 Å². The molecule has 2 aromatic rings. The van der Waals surface area contributed by atoms with Crippen molar-refractivity contribution in [2.75, 3.05) is 19.7 Å². The molecule has 1 saturated heterocycles. The van der Waals surface area contributed by atoms with Gasteiger partial charge in [-0.25, -0.2) is 14.2 Å². The molecule has 0 aromatic carbocycles. The zero-order valence-electron chi connectivity index (χ0n) is 18.8. The van der Waals surface area contributed by atoms with Crippen LogP contribution in [0.15, 0.2) is 6.58 Å². The largest absolute Gasteiger partial charge is 0.492 e. The fourth-order valence-corrected chi connectivity index (χ4v) is 5.04. The smallest absolute Gasteiger partial charge is 0.410 e. The number of piperidine rings is 1. The summed E-state index contributed by atoms with van der Waals surface area (Å²) in [6, 6.07) is 0.171. The minimum absolute atomic E-state index is 0.131. The van der Waals surface area contributed by atoms with Gasteiger partial charge in [-0.15, -0.1) is 0 Å². The van der Waals surface area contributed by atoms with Crippen LogP contribution in [-0.2, 0) is 9.47 Å². The molecule has 3 atom stereocenters. The second-order valence-corrected chi connectivity index (χ2v) is 10.3. The van der Waals surface area contributed by atoms with E-state index in [1.807, 2.05) is 27.7 Å². The highest BCUT2D eigenvalue weighted by Gasteiger charge is 2.59. The molecule has 2 aromatic heterocycles. The first-order valence-corrected chi connectivity index (χ1v) is 11.6. The maximum absolute atomic E-state index is 15.2. The Morgan fingerprint density at radius 3 is 2.50 bits per heavy atom. The van der Waals surface area contributed by atoms with Gasteiger partial charge in [0.05, 0.1) is 23.7 Å². The number of amides is 1. The van der Waals surface area contributed by atoms with Gasteiger partial charge in [0.15, 0.2) is 11.0 Å². The van der Waals surface area contributed by atoms with Gasteiger partial charge in [0.25, 0.3) is 0 Å². The minimum atomic E-state index is -0.554. The molecule has 0 bridgehead atoms. The van der Waals surface area contributed by atoms with Gasteiger partial charge in [-0.3, -0.25) is 4.68 Å². The summed E-state index contributed by atoms with van der Waals surface area (Å²) in [5.41, 5.74) is 1.11. The number of carbonyl (C=O) groups is 1. The molecule has 3 heterocycles. The number of aromatic nitrogens is 3. The van der Waals surface area contributed by atoms with Crippen molar-refractivity contribution in [1.82, 2.24) is 19.7 Å². The van der Waals surface area contributed by atoms with Crippen molar-refractivity contribution < 1.29 is 18.7 Å². The van der Waals surface area contributed by atoms with Gasteiger partial charge in [-0.05, 0) is 52.4 Å². The number of pyridine rings is 1. The highest BCUT2D eigenvalue weighted by molar-refractivity contribution is 6.30. The molecule has 0 radical (unpaired) electrons. The Labute approximate surface area is 191 Å². The monoisotopic (exact) mass is 462 g/mol. The first kappa shape index (κ1) is 21.5. The van der Waals surface area contributed by atoms with Crippen molar-refractivity contribution in [3.8, 4) is 0 Å². The molecule has 2 saturated carbocycles. The fourth-order valence-electron chi connectivity index (χ4n) is 4.87. The Kier molecular flexibility index (Phi) is 4.93. The van der Waals surface area contributed by atoms with Crippen LogP contribution < -0.4 is 0 Å². The Morgan fingerprint density at radius 1 is 1.28 bits per heavy atom. The minimum Gasteiger partial charge on any atom is -0.492 e. The first-order valence-electron chi connectivity index (χ1n) is 11.2. The Balaban J connectivity index is 1.50. The van der Waals surface area contributed by atoms with Gasteiger partial charge in [-0.1, -0.05) is 18.2 Å². The van der Waals surface area contributed by atoms with Gasteiger partial charge in [-0.2, -0.15) is 5.10 Å². The summed E-state index contributed by atoms with van der Waals surface area (Å²) < 4.78 is 28.1. The van der Waals surface area contributed by atoms with Crippen LogP contribution >= 0.6 is 11.6 Å². The molecule has 9 heteroatoms. The zero-order chi connectivity index (χ0) is 22.9. The summed E-state index contributed by atoms with van der Waals surface area (Å²) in [5.74, 6) is 0.464. The molecule has 3 fully saturated rings. The maximum atomic E-state index is 15.2. The summed E-state index contributed by atoms with van der Waals surface area (Å²) in [6.45, 7) is 13.1. The van der Waals surface area contributed by atoms with Crippen LogP contribution in [0, 0.1) is 17.7 Å². The molecule has 1 aliphatic heterocycles. The number of ether oxygens (including phenoxy) is 2. The van der Waals surface area contributed by atoms with E-state index >= 15 is 4.39 Å². The van der Waals surface area contributed by atoms with E-state index in [2.05, 4.69) is 11.6 Å². The molecule has 0 spiro atoms. The lowest BCUT2D eigenvalue weighted by molar-refractivity contribution is 0.0271. The van der Waals surface area contributed by atoms with Crippen molar-refractivity contribution in [1.29, 1.82) is 0 Å². The molecule has 0 N–H and O–H groups in total. The van der Waals surface area contributed by atoms with Crippen LogP contribution in [0.25, 0.3) is 16.7 Å². The summed E-state index contributed by atoms with van der Waals surface area (Å²) >= 11 is 6.16. The van der Waals surface area contributed by atoms with E-state index in [-0.39, 0.29) is 35.0 Å². The van der Waals surface area contributed by atoms with Crippen molar-refractivity contribution >= 4 is 34.4 Å². The standard InChI is InChI=1S/C23H28ClFN4O3/c1-6-31-11(2)18-16-19(27-29(12-7-8-12)20(16)17(25)21(24)26-18)15-13-9-28(10-14(13)15)22(30)32-23(3,4)5/h12-15H,2,6-10H2,1,3-5H3/t13-,14+,15?. The van der Waals surface area contributed by atoms with Gasteiger partial charge in [0.1, 0.15) is 22.6 Å². The molecule has 7 nitrogen and oxygen atoms in total. The number of carbonyl (C=O) groups excluding carboxylic acids is 1. The quantitative estimate of drug-likeness (QED) is 0.454. The lowest BCUT2D eigenvalue weighted by atomic mass is 10.1. The van der Waals surface area contributed by atoms with Gasteiger partial charge in [0, 0.05) is 19.0 Å². The summed E-state index contributed by atoms with van der Waals surface area (Å²) in [5, 5.41) is 5.32. The number of halogens is 2. The normalized spacial score (nSPS) is 24.6. The molecular weight excluding hydrogens is 435 g/mol. The van der Waals surface area contributed by atoms with Crippen molar-refractivity contribution in [2.24, 2.45) is 11.8 Å². The molecular formula is C23H28ClFN4O3. The van der Waals surface area contributed by atoms with Crippen LogP contribution in [0.1, 0.15) is 63.9 Å². The lowest BCUT2D eigenvalue weighted by Gasteiger charge is -2.25. The zero-order valence-corrected chi connectivity index (χ0v) is 19.6. The van der Waals surface area contributed by atoms with E-state index in [0.29, 0.717) is 42.1 Å². The molecule has 3 aliphatic rings. The predicted octanol–water partition coefficient (Wildman–Crippen LogP) is 5.15. The number of hydrogen-bond donors (Lipinski definition) is 0. The van der Waals surface area contributed by atoms with Crippen molar-refractivity contribution in [3.63, 3.8) is 0 Å². The average molecular weight is 463 g/mol. The highest BCUT2D eigenvalue weighted by Crippen LogP contribution is 2.60. The van der Waals surface area contributed by atoms with E-state index in [1.54, 1.807) is 9.58 Å². The van der Waals surface area contributed by atoms with Crippen LogP contribution in [0.5, 0.6) is 0 Å². The van der Waals surface area contributed by atoms with E-state index in [0.717, 1.165) is 18.5 Å². The SMILES string of the molecule is C=C(OCC)c1nc(Cl)c(F)c2c1c(C1[C@H]3CN(C(=O)OC(C)(C)C)C[C@@H]13)nn2C1CC1. The molecule has 2 aliphatic carbocycles. The average Bonchev–Trinajstić information content (AvgIpc) is 3.58. The van der Waals surface area contributed by atoms with Crippen molar-refractivity contribution in [2.45, 2.75) is 58.1 Å². The maximum Gasteiger partial charge on any atom is 0.410 e. The van der Waals surface area contributed by atoms with Crippen molar-refractivity contribution in [3.05, 3.63) is 28.9 Å². The van der Waals surface area contributed by atoms with Crippen LogP contribution in [0.2, 0.25) is 5.15 Å². The summed E-state index contributed by atoms with van der Waals surface area (Å²) in [7, 11) is 0. The third-order valence-electron chi connectivity index (χ3n) is 6.41. The summed E-state index contributed by atoms with van der Waals surface area (Å²) in [4.78, 5) is 18.5. The first-order chi connectivity index (χ1) is 15.1. The van der Waals surface area contributed by atoms with E-state index in [1.165, 1.54) is 0 Å². The predicted molar refractivity (Wildman–Crippen MR) is 119 cm³/mol.